The van der Waals surface area contributed by atoms with E-state index in [1.807, 2.05) is 38.1 Å². The number of halogens is 1. The van der Waals surface area contributed by atoms with Crippen molar-refractivity contribution in [2.45, 2.75) is 19.2 Å². The van der Waals surface area contributed by atoms with Crippen LogP contribution in [0.3, 0.4) is 0 Å². The molecule has 0 bridgehead atoms. The van der Waals surface area contributed by atoms with Crippen molar-refractivity contribution in [3.63, 3.8) is 0 Å². The van der Waals surface area contributed by atoms with Gasteiger partial charge in [-0.25, -0.2) is 0 Å². The molecule has 66 valence electrons. The van der Waals surface area contributed by atoms with Gasteiger partial charge in [0.1, 0.15) is 5.75 Å². The van der Waals surface area contributed by atoms with Crippen LogP contribution in [0.25, 0.3) is 0 Å². The van der Waals surface area contributed by atoms with E-state index in [0.29, 0.717) is 6.61 Å². The minimum atomic E-state index is 0.0467. The van der Waals surface area contributed by atoms with Gasteiger partial charge in [-0.1, -0.05) is 12.1 Å². The first-order chi connectivity index (χ1) is 5.74. The fourth-order valence-electron chi connectivity index (χ4n) is 1.02. The van der Waals surface area contributed by atoms with Crippen LogP contribution in [0, 0.1) is 0 Å². The summed E-state index contributed by atoms with van der Waals surface area (Å²) in [5.74, 6) is 0.891. The predicted octanol–water partition coefficient (Wildman–Crippen LogP) is 3.39. The van der Waals surface area contributed by atoms with Gasteiger partial charge < -0.3 is 4.74 Å². The van der Waals surface area contributed by atoms with Crippen molar-refractivity contribution in [1.82, 2.24) is 0 Å². The third kappa shape index (κ3) is 2.42. The molecule has 0 saturated heterocycles. The Morgan fingerprint density at radius 2 is 2.25 bits per heavy atom. The standard InChI is InChI=1S/C10H13ClO/c1-3-12-10-6-4-5-9(7-10)8(2)11/h4-8H,3H2,1-2H3. The second-order valence-electron chi connectivity index (χ2n) is 2.62. The topological polar surface area (TPSA) is 9.23 Å². The molecule has 0 saturated carbocycles. The van der Waals surface area contributed by atoms with Gasteiger partial charge in [0.2, 0.25) is 0 Å². The third-order valence-electron chi connectivity index (χ3n) is 1.63. The van der Waals surface area contributed by atoms with Gasteiger partial charge in [0.15, 0.2) is 0 Å². The van der Waals surface area contributed by atoms with Gasteiger partial charge in [-0.15, -0.1) is 11.6 Å². The molecule has 1 unspecified atom stereocenters. The Morgan fingerprint density at radius 1 is 1.50 bits per heavy atom. The maximum atomic E-state index is 5.92. The average Bonchev–Trinajstić information content (AvgIpc) is 2.05. The first-order valence-corrected chi connectivity index (χ1v) is 4.54. The summed E-state index contributed by atoms with van der Waals surface area (Å²) in [6, 6.07) is 7.87. The molecule has 1 atom stereocenters. The lowest BCUT2D eigenvalue weighted by Gasteiger charge is -2.06. The molecule has 0 N–H and O–H groups in total. The summed E-state index contributed by atoms with van der Waals surface area (Å²) in [7, 11) is 0. The Bertz CT molecular complexity index is 245. The van der Waals surface area contributed by atoms with Gasteiger partial charge in [0, 0.05) is 0 Å². The van der Waals surface area contributed by atoms with Crippen molar-refractivity contribution in [3.8, 4) is 5.75 Å². The summed E-state index contributed by atoms with van der Waals surface area (Å²) in [5, 5.41) is 0.0467. The van der Waals surface area contributed by atoms with E-state index < -0.39 is 0 Å². The molecule has 0 aliphatic heterocycles. The molecule has 0 spiro atoms. The minimum absolute atomic E-state index is 0.0467. The zero-order valence-electron chi connectivity index (χ0n) is 7.38. The second-order valence-corrected chi connectivity index (χ2v) is 3.28. The number of alkyl halides is 1. The minimum Gasteiger partial charge on any atom is -0.494 e. The molecular formula is C10H13ClO. The van der Waals surface area contributed by atoms with Gasteiger partial charge in [-0.2, -0.15) is 0 Å². The van der Waals surface area contributed by atoms with Crippen molar-refractivity contribution in [1.29, 1.82) is 0 Å². The fraction of sp³-hybridized carbons (Fsp3) is 0.400. The molecule has 0 aliphatic rings. The maximum absolute atomic E-state index is 5.92. The molecular weight excluding hydrogens is 172 g/mol. The Kier molecular flexibility index (Phi) is 3.42. The van der Waals surface area contributed by atoms with E-state index in [1.54, 1.807) is 0 Å². The number of benzene rings is 1. The first kappa shape index (κ1) is 9.40. The Balaban J connectivity index is 2.81. The van der Waals surface area contributed by atoms with E-state index in [4.69, 9.17) is 16.3 Å². The summed E-state index contributed by atoms with van der Waals surface area (Å²) in [5.41, 5.74) is 1.10. The van der Waals surface area contributed by atoms with Crippen LogP contribution >= 0.6 is 11.6 Å². The van der Waals surface area contributed by atoms with Gasteiger partial charge >= 0.3 is 0 Å². The Labute approximate surface area is 78.3 Å². The number of hydrogen-bond donors (Lipinski definition) is 0. The van der Waals surface area contributed by atoms with Crippen molar-refractivity contribution in [3.05, 3.63) is 29.8 Å². The molecule has 0 heterocycles. The molecule has 0 radical (unpaired) electrons. The van der Waals surface area contributed by atoms with Crippen molar-refractivity contribution in [2.24, 2.45) is 0 Å². The van der Waals surface area contributed by atoms with E-state index in [0.717, 1.165) is 11.3 Å². The molecule has 12 heavy (non-hydrogen) atoms. The summed E-state index contributed by atoms with van der Waals surface area (Å²) in [4.78, 5) is 0. The van der Waals surface area contributed by atoms with Crippen LogP contribution in [0.1, 0.15) is 24.8 Å². The highest BCUT2D eigenvalue weighted by molar-refractivity contribution is 6.20. The highest BCUT2D eigenvalue weighted by Gasteiger charge is 2.01. The van der Waals surface area contributed by atoms with Gasteiger partial charge in [-0.3, -0.25) is 0 Å². The highest BCUT2D eigenvalue weighted by Crippen LogP contribution is 2.23. The summed E-state index contributed by atoms with van der Waals surface area (Å²) in [6.07, 6.45) is 0. The normalized spacial score (nSPS) is 12.6. The van der Waals surface area contributed by atoms with E-state index in [1.165, 1.54) is 0 Å². The molecule has 0 aliphatic carbocycles. The maximum Gasteiger partial charge on any atom is 0.119 e. The molecule has 1 aromatic rings. The van der Waals surface area contributed by atoms with Gasteiger partial charge in [-0.05, 0) is 31.5 Å². The number of hydrogen-bond acceptors (Lipinski definition) is 1. The molecule has 1 aromatic carbocycles. The summed E-state index contributed by atoms with van der Waals surface area (Å²) >= 11 is 5.92. The SMILES string of the molecule is CCOc1cccc(C(C)Cl)c1. The molecule has 1 rings (SSSR count). The largest absolute Gasteiger partial charge is 0.494 e. The van der Waals surface area contributed by atoms with Gasteiger partial charge in [0.25, 0.3) is 0 Å². The van der Waals surface area contributed by atoms with Crippen LogP contribution in [0.4, 0.5) is 0 Å². The molecule has 0 aromatic heterocycles. The summed E-state index contributed by atoms with van der Waals surface area (Å²) < 4.78 is 5.34. The second kappa shape index (κ2) is 4.36. The predicted molar refractivity (Wildman–Crippen MR) is 51.9 cm³/mol. The third-order valence-corrected chi connectivity index (χ3v) is 1.88. The van der Waals surface area contributed by atoms with Crippen LogP contribution in [0.2, 0.25) is 0 Å². The van der Waals surface area contributed by atoms with E-state index in [2.05, 4.69) is 0 Å². The van der Waals surface area contributed by atoms with E-state index >= 15 is 0 Å². The first-order valence-electron chi connectivity index (χ1n) is 4.11. The number of ether oxygens (including phenoxy) is 1. The monoisotopic (exact) mass is 184 g/mol. The van der Waals surface area contributed by atoms with Crippen molar-refractivity contribution >= 4 is 11.6 Å². The molecule has 2 heteroatoms. The van der Waals surface area contributed by atoms with Crippen LogP contribution in [0.15, 0.2) is 24.3 Å². The average molecular weight is 185 g/mol. The van der Waals surface area contributed by atoms with E-state index in [-0.39, 0.29) is 5.38 Å². The van der Waals surface area contributed by atoms with E-state index in [9.17, 15) is 0 Å². The van der Waals surface area contributed by atoms with Crippen molar-refractivity contribution < 1.29 is 4.74 Å². The Hall–Kier alpha value is -0.690. The van der Waals surface area contributed by atoms with Crippen LogP contribution < -0.4 is 4.74 Å². The highest BCUT2D eigenvalue weighted by atomic mass is 35.5. The molecule has 0 fully saturated rings. The van der Waals surface area contributed by atoms with Crippen LogP contribution in [0.5, 0.6) is 5.75 Å². The fourth-order valence-corrected chi connectivity index (χ4v) is 1.15. The van der Waals surface area contributed by atoms with Crippen LogP contribution in [-0.2, 0) is 0 Å². The van der Waals surface area contributed by atoms with Gasteiger partial charge in [0.05, 0.1) is 12.0 Å². The number of rotatable bonds is 3. The molecule has 0 amide bonds. The smallest absolute Gasteiger partial charge is 0.119 e. The summed E-state index contributed by atoms with van der Waals surface area (Å²) in [6.45, 7) is 4.61. The zero-order valence-corrected chi connectivity index (χ0v) is 8.14. The Morgan fingerprint density at radius 3 is 2.83 bits per heavy atom. The zero-order chi connectivity index (χ0) is 8.97. The lowest BCUT2D eigenvalue weighted by molar-refractivity contribution is 0.340. The lowest BCUT2D eigenvalue weighted by atomic mass is 10.1. The van der Waals surface area contributed by atoms with Crippen molar-refractivity contribution in [2.75, 3.05) is 6.61 Å². The lowest BCUT2D eigenvalue weighted by Crippen LogP contribution is -1.92. The quantitative estimate of drug-likeness (QED) is 0.655. The van der Waals surface area contributed by atoms with Crippen LogP contribution in [-0.4, -0.2) is 6.61 Å². The molecule has 1 nitrogen and oxygen atoms in total.